The maximum atomic E-state index is 12.0. The smallest absolute Gasteiger partial charge is 0.234 e. The zero-order chi connectivity index (χ0) is 14.4. The first kappa shape index (κ1) is 14.5. The molecule has 0 heterocycles. The molecule has 0 aromatic heterocycles. The van der Waals surface area contributed by atoms with Crippen LogP contribution >= 0.6 is 11.8 Å². The van der Waals surface area contributed by atoms with E-state index in [1.807, 2.05) is 55.5 Å². The lowest BCUT2D eigenvalue weighted by molar-refractivity contribution is -0.113. The average Bonchev–Trinajstić information content (AvgIpc) is 2.47. The van der Waals surface area contributed by atoms with E-state index in [9.17, 15) is 4.79 Å². The van der Waals surface area contributed by atoms with Crippen molar-refractivity contribution in [2.75, 3.05) is 18.2 Å². The van der Waals surface area contributed by atoms with Crippen molar-refractivity contribution in [3.63, 3.8) is 0 Å². The molecule has 0 aliphatic rings. The van der Waals surface area contributed by atoms with Gasteiger partial charge in [-0.15, -0.1) is 11.8 Å². The third kappa shape index (κ3) is 3.78. The lowest BCUT2D eigenvalue weighted by Crippen LogP contribution is -2.14. The maximum Gasteiger partial charge on any atom is 0.234 e. The first-order chi connectivity index (χ1) is 9.70. The molecule has 0 radical (unpaired) electrons. The monoisotopic (exact) mass is 287 g/mol. The molecule has 0 atom stereocenters. The van der Waals surface area contributed by atoms with Crippen molar-refractivity contribution < 1.29 is 9.53 Å². The zero-order valence-electron chi connectivity index (χ0n) is 11.6. The van der Waals surface area contributed by atoms with E-state index in [-0.39, 0.29) is 5.91 Å². The quantitative estimate of drug-likeness (QED) is 0.851. The standard InChI is InChI=1S/C16H17NO2S/c1-12-7-3-6-10-15(12)20-11-16(18)17-13-8-4-5-9-14(13)19-2/h3-10H,11H2,1-2H3,(H,17,18). The minimum absolute atomic E-state index is 0.0391. The van der Waals surface area contributed by atoms with Crippen molar-refractivity contribution >= 4 is 23.4 Å². The number of methoxy groups -OCH3 is 1. The Bertz CT molecular complexity index is 599. The van der Waals surface area contributed by atoms with E-state index in [2.05, 4.69) is 5.32 Å². The molecule has 4 heteroatoms. The molecule has 0 aliphatic carbocycles. The molecule has 0 saturated carbocycles. The van der Waals surface area contributed by atoms with Gasteiger partial charge in [-0.3, -0.25) is 4.79 Å². The van der Waals surface area contributed by atoms with Crippen LogP contribution < -0.4 is 10.1 Å². The van der Waals surface area contributed by atoms with Crippen LogP contribution in [0, 0.1) is 6.92 Å². The summed E-state index contributed by atoms with van der Waals surface area (Å²) in [4.78, 5) is 13.1. The van der Waals surface area contributed by atoms with Crippen molar-refractivity contribution in [3.8, 4) is 5.75 Å². The minimum atomic E-state index is -0.0391. The van der Waals surface area contributed by atoms with Crippen LogP contribution in [0.1, 0.15) is 5.56 Å². The maximum absolute atomic E-state index is 12.0. The van der Waals surface area contributed by atoms with E-state index in [0.29, 0.717) is 17.2 Å². The largest absolute Gasteiger partial charge is 0.495 e. The Labute approximate surface area is 123 Å². The molecule has 3 nitrogen and oxygen atoms in total. The van der Waals surface area contributed by atoms with E-state index in [1.54, 1.807) is 7.11 Å². The summed E-state index contributed by atoms with van der Waals surface area (Å²) < 4.78 is 5.21. The van der Waals surface area contributed by atoms with Gasteiger partial charge in [0.25, 0.3) is 0 Å². The number of aryl methyl sites for hydroxylation is 1. The highest BCUT2D eigenvalue weighted by molar-refractivity contribution is 8.00. The topological polar surface area (TPSA) is 38.3 Å². The molecule has 0 aliphatic heterocycles. The van der Waals surface area contributed by atoms with Crippen molar-refractivity contribution in [1.29, 1.82) is 0 Å². The number of hydrogen-bond donors (Lipinski definition) is 1. The fourth-order valence-electron chi connectivity index (χ4n) is 1.80. The van der Waals surface area contributed by atoms with E-state index in [0.717, 1.165) is 4.90 Å². The van der Waals surface area contributed by atoms with Gasteiger partial charge in [-0.1, -0.05) is 30.3 Å². The van der Waals surface area contributed by atoms with Crippen LogP contribution in [0.2, 0.25) is 0 Å². The van der Waals surface area contributed by atoms with E-state index < -0.39 is 0 Å². The van der Waals surface area contributed by atoms with Crippen LogP contribution in [0.3, 0.4) is 0 Å². The summed E-state index contributed by atoms with van der Waals surface area (Å²) >= 11 is 1.53. The number of para-hydroxylation sites is 2. The number of carbonyl (C=O) groups excluding carboxylic acids is 1. The van der Waals surface area contributed by atoms with Crippen molar-refractivity contribution in [1.82, 2.24) is 0 Å². The SMILES string of the molecule is COc1ccccc1NC(=O)CSc1ccccc1C. The molecular formula is C16H17NO2S. The van der Waals surface area contributed by atoms with Crippen LogP contribution in [-0.4, -0.2) is 18.8 Å². The van der Waals surface area contributed by atoms with Gasteiger partial charge >= 0.3 is 0 Å². The summed E-state index contributed by atoms with van der Waals surface area (Å²) in [5, 5.41) is 2.87. The highest BCUT2D eigenvalue weighted by Gasteiger charge is 2.08. The second-order valence-corrected chi connectivity index (χ2v) is 5.32. The molecular weight excluding hydrogens is 270 g/mol. The Morgan fingerprint density at radius 2 is 1.85 bits per heavy atom. The number of amides is 1. The van der Waals surface area contributed by atoms with Gasteiger partial charge in [0.15, 0.2) is 0 Å². The van der Waals surface area contributed by atoms with Gasteiger partial charge in [-0.05, 0) is 30.7 Å². The van der Waals surface area contributed by atoms with Gasteiger partial charge in [0.05, 0.1) is 18.6 Å². The average molecular weight is 287 g/mol. The van der Waals surface area contributed by atoms with E-state index >= 15 is 0 Å². The van der Waals surface area contributed by atoms with Crippen molar-refractivity contribution in [2.45, 2.75) is 11.8 Å². The summed E-state index contributed by atoms with van der Waals surface area (Å²) in [7, 11) is 1.59. The fourth-order valence-corrected chi connectivity index (χ4v) is 2.63. The number of hydrogen-bond acceptors (Lipinski definition) is 3. The van der Waals surface area contributed by atoms with Gasteiger partial charge in [-0.2, -0.15) is 0 Å². The number of nitrogens with one attached hydrogen (secondary N) is 1. The van der Waals surface area contributed by atoms with Gasteiger partial charge in [0.1, 0.15) is 5.75 Å². The number of carbonyl (C=O) groups is 1. The number of rotatable bonds is 5. The molecule has 1 N–H and O–H groups in total. The second kappa shape index (κ2) is 7.01. The van der Waals surface area contributed by atoms with Crippen LogP contribution in [0.25, 0.3) is 0 Å². The summed E-state index contributed by atoms with van der Waals surface area (Å²) in [5.74, 6) is 1.01. The molecule has 0 spiro atoms. The highest BCUT2D eigenvalue weighted by Crippen LogP contribution is 2.25. The Kier molecular flexibility index (Phi) is 5.07. The third-order valence-electron chi connectivity index (χ3n) is 2.83. The number of ether oxygens (including phenoxy) is 1. The molecule has 0 bridgehead atoms. The molecule has 2 aromatic rings. The van der Waals surface area contributed by atoms with Crippen LogP contribution in [0.15, 0.2) is 53.4 Å². The number of benzene rings is 2. The molecule has 0 saturated heterocycles. The Morgan fingerprint density at radius 3 is 2.60 bits per heavy atom. The van der Waals surface area contributed by atoms with Gasteiger partial charge < -0.3 is 10.1 Å². The van der Waals surface area contributed by atoms with Crippen molar-refractivity contribution in [3.05, 3.63) is 54.1 Å². The van der Waals surface area contributed by atoms with Crippen LogP contribution in [0.4, 0.5) is 5.69 Å². The van der Waals surface area contributed by atoms with Crippen LogP contribution in [0.5, 0.6) is 5.75 Å². The fraction of sp³-hybridized carbons (Fsp3) is 0.188. The first-order valence-electron chi connectivity index (χ1n) is 6.32. The molecule has 2 aromatic carbocycles. The normalized spacial score (nSPS) is 10.1. The number of thioether (sulfide) groups is 1. The lowest BCUT2D eigenvalue weighted by Gasteiger charge is -2.10. The first-order valence-corrected chi connectivity index (χ1v) is 7.30. The molecule has 20 heavy (non-hydrogen) atoms. The Balaban J connectivity index is 1.95. The summed E-state index contributed by atoms with van der Waals surface area (Å²) in [6.45, 7) is 2.04. The second-order valence-electron chi connectivity index (χ2n) is 4.30. The Hall–Kier alpha value is -1.94. The highest BCUT2D eigenvalue weighted by atomic mass is 32.2. The summed E-state index contributed by atoms with van der Waals surface area (Å²) in [6, 6.07) is 15.4. The van der Waals surface area contributed by atoms with Gasteiger partial charge in [0, 0.05) is 4.90 Å². The predicted octanol–water partition coefficient (Wildman–Crippen LogP) is 3.73. The molecule has 1 amide bonds. The Morgan fingerprint density at radius 1 is 1.15 bits per heavy atom. The molecule has 2 rings (SSSR count). The minimum Gasteiger partial charge on any atom is -0.495 e. The predicted molar refractivity (Wildman–Crippen MR) is 83.5 cm³/mol. The summed E-state index contributed by atoms with van der Waals surface area (Å²) in [5.41, 5.74) is 1.88. The lowest BCUT2D eigenvalue weighted by atomic mass is 10.2. The van der Waals surface area contributed by atoms with E-state index in [1.165, 1.54) is 17.3 Å². The van der Waals surface area contributed by atoms with E-state index in [4.69, 9.17) is 4.74 Å². The molecule has 0 unspecified atom stereocenters. The molecule has 104 valence electrons. The van der Waals surface area contributed by atoms with Gasteiger partial charge in [0.2, 0.25) is 5.91 Å². The zero-order valence-corrected chi connectivity index (χ0v) is 12.4. The summed E-state index contributed by atoms with van der Waals surface area (Å²) in [6.07, 6.45) is 0. The van der Waals surface area contributed by atoms with Crippen LogP contribution in [-0.2, 0) is 4.79 Å². The molecule has 0 fully saturated rings. The van der Waals surface area contributed by atoms with Gasteiger partial charge in [-0.25, -0.2) is 0 Å². The third-order valence-corrected chi connectivity index (χ3v) is 4.01. The number of anilines is 1. The van der Waals surface area contributed by atoms with Crippen molar-refractivity contribution in [2.24, 2.45) is 0 Å².